The Morgan fingerprint density at radius 2 is 0.809 bits per heavy atom. The number of para-hydroxylation sites is 2. The van der Waals surface area contributed by atoms with Crippen molar-refractivity contribution in [1.82, 2.24) is 19.1 Å². The van der Waals surface area contributed by atoms with Gasteiger partial charge in [-0.25, -0.2) is 8.78 Å². The molecule has 12 aromatic rings. The predicted octanol–water partition coefficient (Wildman–Crippen LogP) is 16.3. The number of aromatic nitrogens is 4. The molecule has 4 nitrogen and oxygen atoms in total. The van der Waals surface area contributed by atoms with Gasteiger partial charge in [-0.15, -0.1) is 0 Å². The molecule has 68 heavy (non-hydrogen) atoms. The van der Waals surface area contributed by atoms with Gasteiger partial charge in [-0.1, -0.05) is 127 Å². The summed E-state index contributed by atoms with van der Waals surface area (Å²) in [4.78, 5) is 9.44. The third-order valence-corrected chi connectivity index (χ3v) is 12.8. The van der Waals surface area contributed by atoms with E-state index in [2.05, 4.69) is 0 Å². The Morgan fingerprint density at radius 3 is 1.31 bits per heavy atom. The SMILES string of the molecule is Fc1cccc(F)c1-c1cc(-n2c3ccccc3c3cc(-c4cccnc4-c4ccccc4)ccc32)c(C(F)(F)F)cc1-n1c2ccccc2c2cc(-c3cccnc3-c3ccccc3)ccc21. The first-order valence-corrected chi connectivity index (χ1v) is 22.0. The fourth-order valence-corrected chi connectivity index (χ4v) is 9.86. The molecule has 0 atom stereocenters. The molecule has 0 aliphatic rings. The van der Waals surface area contributed by atoms with Crippen molar-refractivity contribution in [2.24, 2.45) is 0 Å². The molecular weight excluding hydrogens is 860 g/mol. The van der Waals surface area contributed by atoms with Gasteiger partial charge in [0, 0.05) is 61.8 Å². The Hall–Kier alpha value is -8.69. The van der Waals surface area contributed by atoms with Crippen LogP contribution in [0.2, 0.25) is 0 Å². The smallest absolute Gasteiger partial charge is 0.309 e. The summed E-state index contributed by atoms with van der Waals surface area (Å²) in [7, 11) is 0. The highest BCUT2D eigenvalue weighted by Crippen LogP contribution is 2.47. The van der Waals surface area contributed by atoms with E-state index >= 15 is 22.0 Å². The van der Waals surface area contributed by atoms with Crippen LogP contribution in [0.25, 0.3) is 111 Å². The summed E-state index contributed by atoms with van der Waals surface area (Å²) >= 11 is 0. The van der Waals surface area contributed by atoms with Crippen molar-refractivity contribution in [3.05, 3.63) is 230 Å². The van der Waals surface area contributed by atoms with E-state index in [-0.39, 0.29) is 16.9 Å². The second-order valence-electron chi connectivity index (χ2n) is 16.7. The summed E-state index contributed by atoms with van der Waals surface area (Å²) < 4.78 is 84.3. The van der Waals surface area contributed by atoms with Gasteiger partial charge in [0.25, 0.3) is 0 Å². The van der Waals surface area contributed by atoms with Crippen LogP contribution in [0.4, 0.5) is 22.0 Å². The first kappa shape index (κ1) is 40.8. The molecule has 0 fully saturated rings. The zero-order chi connectivity index (χ0) is 46.1. The van der Waals surface area contributed by atoms with Crippen LogP contribution in [0.15, 0.2) is 213 Å². The molecule has 0 amide bonds. The minimum atomic E-state index is -4.92. The normalized spacial score (nSPS) is 11.9. The van der Waals surface area contributed by atoms with Crippen molar-refractivity contribution in [3.8, 4) is 67.3 Å². The van der Waals surface area contributed by atoms with Crippen LogP contribution in [-0.4, -0.2) is 19.1 Å². The molecule has 12 rings (SSSR count). The van der Waals surface area contributed by atoms with Crippen LogP contribution in [-0.2, 0) is 6.18 Å². The molecule has 0 spiro atoms. The van der Waals surface area contributed by atoms with Gasteiger partial charge in [0.1, 0.15) is 11.6 Å². The summed E-state index contributed by atoms with van der Waals surface area (Å²) in [5, 5.41) is 2.88. The third-order valence-electron chi connectivity index (χ3n) is 12.8. The molecule has 0 unspecified atom stereocenters. The van der Waals surface area contributed by atoms with Crippen LogP contribution in [0.5, 0.6) is 0 Å². The van der Waals surface area contributed by atoms with Crippen molar-refractivity contribution in [1.29, 1.82) is 0 Å². The highest BCUT2D eigenvalue weighted by atomic mass is 19.4. The average molecular weight is 895 g/mol. The van der Waals surface area contributed by atoms with Crippen molar-refractivity contribution < 1.29 is 22.0 Å². The molecular formula is C59H35F5N4. The lowest BCUT2D eigenvalue weighted by Crippen LogP contribution is -2.13. The van der Waals surface area contributed by atoms with Crippen molar-refractivity contribution in [2.75, 3.05) is 0 Å². The molecule has 9 heteroatoms. The standard InChI is InChI=1S/C59H35F5N4/c60-48-22-11-23-49(61)56(48)46-34-55(68-51-25-10-8-19-43(51)45-33-39(27-29-53(45)68)41-21-13-31-66-58(41)37-16-5-2-6-17-37)47(59(62,63)64)35-54(46)67-50-24-9-7-18-42(50)44-32-38(26-28-52(44)67)40-20-12-30-65-57(40)36-14-3-1-4-15-36/h1-35H. The fraction of sp³-hybridized carbons (Fsp3) is 0.0169. The second kappa shape index (κ2) is 16.0. The van der Waals surface area contributed by atoms with Gasteiger partial charge in [-0.05, 0) is 83.9 Å². The Bertz CT molecular complexity index is 3910. The van der Waals surface area contributed by atoms with Crippen LogP contribution in [0, 0.1) is 11.6 Å². The van der Waals surface area contributed by atoms with Gasteiger partial charge in [0.15, 0.2) is 0 Å². The summed E-state index contributed by atoms with van der Waals surface area (Å²) in [6.45, 7) is 0. The molecule has 0 saturated carbocycles. The van der Waals surface area contributed by atoms with E-state index in [0.29, 0.717) is 32.8 Å². The Labute approximate surface area is 386 Å². The summed E-state index contributed by atoms with van der Waals surface area (Å²) in [5.41, 5.74) is 7.03. The van der Waals surface area contributed by atoms with Gasteiger partial charge in [0.2, 0.25) is 0 Å². The lowest BCUT2D eigenvalue weighted by Gasteiger charge is -2.22. The zero-order valence-electron chi connectivity index (χ0n) is 35.9. The number of hydrogen-bond acceptors (Lipinski definition) is 2. The van der Waals surface area contributed by atoms with Crippen molar-refractivity contribution >= 4 is 43.6 Å². The Balaban J connectivity index is 1.13. The molecule has 326 valence electrons. The largest absolute Gasteiger partial charge is 0.418 e. The van der Waals surface area contributed by atoms with E-state index in [1.54, 1.807) is 45.8 Å². The molecule has 0 bridgehead atoms. The van der Waals surface area contributed by atoms with Crippen LogP contribution >= 0.6 is 0 Å². The van der Waals surface area contributed by atoms with Crippen LogP contribution < -0.4 is 0 Å². The average Bonchev–Trinajstić information content (AvgIpc) is 3.88. The number of alkyl halides is 3. The van der Waals surface area contributed by atoms with Crippen LogP contribution in [0.1, 0.15) is 5.56 Å². The van der Waals surface area contributed by atoms with E-state index in [9.17, 15) is 0 Å². The van der Waals surface area contributed by atoms with Crippen LogP contribution in [0.3, 0.4) is 0 Å². The third kappa shape index (κ3) is 6.65. The number of rotatable bonds is 7. The Kier molecular flexibility index (Phi) is 9.62. The molecule has 0 aliphatic carbocycles. The van der Waals surface area contributed by atoms with E-state index in [1.165, 1.54) is 12.1 Å². The van der Waals surface area contributed by atoms with Gasteiger partial charge in [0.05, 0.1) is 56.0 Å². The van der Waals surface area contributed by atoms with Gasteiger partial charge < -0.3 is 9.13 Å². The molecule has 0 aliphatic heterocycles. The fourth-order valence-electron chi connectivity index (χ4n) is 9.86. The summed E-state index contributed by atoms with van der Waals surface area (Å²) in [6, 6.07) is 59.2. The number of halogens is 5. The molecule has 0 radical (unpaired) electrons. The number of pyridine rings is 2. The maximum Gasteiger partial charge on any atom is 0.418 e. The maximum atomic E-state index is 16.4. The lowest BCUT2D eigenvalue weighted by molar-refractivity contribution is -0.137. The Morgan fingerprint density at radius 1 is 0.353 bits per heavy atom. The maximum absolute atomic E-state index is 16.4. The lowest BCUT2D eigenvalue weighted by atomic mass is 9.97. The molecule has 0 N–H and O–H groups in total. The zero-order valence-corrected chi connectivity index (χ0v) is 35.9. The van der Waals surface area contributed by atoms with E-state index < -0.39 is 28.9 Å². The van der Waals surface area contributed by atoms with Gasteiger partial charge in [-0.3, -0.25) is 9.97 Å². The number of fused-ring (bicyclic) bond motifs is 6. The van der Waals surface area contributed by atoms with Gasteiger partial charge in [-0.2, -0.15) is 13.2 Å². The van der Waals surface area contributed by atoms with E-state index in [0.717, 1.165) is 73.7 Å². The van der Waals surface area contributed by atoms with E-state index in [1.807, 2.05) is 146 Å². The molecule has 4 heterocycles. The summed E-state index contributed by atoms with van der Waals surface area (Å²) in [5.74, 6) is -1.83. The summed E-state index contributed by atoms with van der Waals surface area (Å²) in [6.07, 6.45) is -1.45. The molecule has 4 aromatic heterocycles. The van der Waals surface area contributed by atoms with Crippen molar-refractivity contribution in [2.45, 2.75) is 6.18 Å². The van der Waals surface area contributed by atoms with Gasteiger partial charge >= 0.3 is 6.18 Å². The number of hydrogen-bond donors (Lipinski definition) is 0. The highest BCUT2D eigenvalue weighted by molar-refractivity contribution is 6.13. The number of benzene rings is 8. The molecule has 8 aromatic carbocycles. The first-order valence-electron chi connectivity index (χ1n) is 22.0. The minimum Gasteiger partial charge on any atom is -0.309 e. The second-order valence-corrected chi connectivity index (χ2v) is 16.7. The van der Waals surface area contributed by atoms with E-state index in [4.69, 9.17) is 9.97 Å². The van der Waals surface area contributed by atoms with Crippen molar-refractivity contribution in [3.63, 3.8) is 0 Å². The highest BCUT2D eigenvalue weighted by Gasteiger charge is 2.37. The topological polar surface area (TPSA) is 35.6 Å². The minimum absolute atomic E-state index is 0.0385. The predicted molar refractivity (Wildman–Crippen MR) is 263 cm³/mol. The quantitative estimate of drug-likeness (QED) is 0.149. The monoisotopic (exact) mass is 894 g/mol. The first-order chi connectivity index (χ1) is 33.2. The number of nitrogens with zero attached hydrogens (tertiary/aromatic N) is 4. The molecule has 0 saturated heterocycles.